The van der Waals surface area contributed by atoms with Crippen molar-refractivity contribution in [1.29, 1.82) is 0 Å². The molecule has 7 nitrogen and oxygen atoms in total. The molecular weight excluding hydrogens is 423 g/mol. The average Bonchev–Trinajstić information content (AvgIpc) is 3.26. The molecule has 2 aromatic heterocycles. The van der Waals surface area contributed by atoms with Gasteiger partial charge in [-0.2, -0.15) is 4.37 Å². The first kappa shape index (κ1) is 21.8. The summed E-state index contributed by atoms with van der Waals surface area (Å²) in [6.07, 6.45) is -4.35. The lowest BCUT2D eigenvalue weighted by atomic mass is 10.1. The first-order chi connectivity index (χ1) is 14.1. The number of furan rings is 1. The minimum atomic E-state index is -4.80. The van der Waals surface area contributed by atoms with Crippen LogP contribution in [0.2, 0.25) is 0 Å². The molecule has 3 rings (SSSR count). The zero-order chi connectivity index (χ0) is 21.9. The molecular formula is C19H18F3N3O4S. The van der Waals surface area contributed by atoms with Crippen LogP contribution in [0.1, 0.15) is 28.9 Å². The SMILES string of the molecule is COC(C)Cc1nsc(NC(=O)c2cc(-c3cccc(OC(F)(F)F)c3)oc2C)n1. The standard InChI is InChI=1S/C19H18F3N3O4S/c1-10(27-3)7-16-23-18(30-25-16)24-17(26)14-9-15(28-11(14)2)12-5-4-6-13(8-12)29-19(20,21)22/h4-6,8-10H,7H2,1-3H3,(H,23,24,25,26). The highest BCUT2D eigenvalue weighted by Gasteiger charge is 2.31. The van der Waals surface area contributed by atoms with E-state index >= 15 is 0 Å². The van der Waals surface area contributed by atoms with E-state index in [0.717, 1.165) is 11.5 Å². The minimum Gasteiger partial charge on any atom is -0.461 e. The predicted octanol–water partition coefficient (Wildman–Crippen LogP) is 4.83. The lowest BCUT2D eigenvalue weighted by Crippen LogP contribution is -2.17. The number of carbonyl (C=O) groups excluding carboxylic acids is 1. The number of methoxy groups -OCH3 is 1. The quantitative estimate of drug-likeness (QED) is 0.565. The number of nitrogens with one attached hydrogen (secondary N) is 1. The van der Waals surface area contributed by atoms with Crippen molar-refractivity contribution in [2.24, 2.45) is 0 Å². The van der Waals surface area contributed by atoms with Crippen LogP contribution < -0.4 is 10.1 Å². The van der Waals surface area contributed by atoms with Crippen LogP contribution in [-0.4, -0.2) is 34.8 Å². The molecule has 0 aliphatic rings. The number of anilines is 1. The van der Waals surface area contributed by atoms with Crippen LogP contribution >= 0.6 is 11.5 Å². The summed E-state index contributed by atoms with van der Waals surface area (Å²) in [5.74, 6) is 0.245. The van der Waals surface area contributed by atoms with Crippen LogP contribution in [0, 0.1) is 6.92 Å². The van der Waals surface area contributed by atoms with Crippen LogP contribution in [-0.2, 0) is 11.2 Å². The molecule has 11 heteroatoms. The monoisotopic (exact) mass is 441 g/mol. The first-order valence-corrected chi connectivity index (χ1v) is 9.55. The van der Waals surface area contributed by atoms with E-state index in [0.29, 0.717) is 28.7 Å². The van der Waals surface area contributed by atoms with Crippen LogP contribution in [0.25, 0.3) is 11.3 Å². The third kappa shape index (κ3) is 5.57. The third-order valence-corrected chi connectivity index (χ3v) is 4.74. The number of aromatic nitrogens is 2. The highest BCUT2D eigenvalue weighted by Crippen LogP contribution is 2.31. The fraction of sp³-hybridized carbons (Fsp3) is 0.316. The van der Waals surface area contributed by atoms with E-state index in [4.69, 9.17) is 9.15 Å². The van der Waals surface area contributed by atoms with E-state index in [2.05, 4.69) is 19.4 Å². The summed E-state index contributed by atoms with van der Waals surface area (Å²) < 4.78 is 56.1. The minimum absolute atomic E-state index is 0.0566. The van der Waals surface area contributed by atoms with E-state index < -0.39 is 12.3 Å². The molecule has 160 valence electrons. The lowest BCUT2D eigenvalue weighted by Gasteiger charge is -2.09. The van der Waals surface area contributed by atoms with E-state index in [1.807, 2.05) is 6.92 Å². The number of benzene rings is 1. The summed E-state index contributed by atoms with van der Waals surface area (Å²) in [7, 11) is 1.59. The third-order valence-electron chi connectivity index (χ3n) is 4.08. The maximum atomic E-state index is 12.6. The molecule has 1 N–H and O–H groups in total. The van der Waals surface area contributed by atoms with E-state index in [9.17, 15) is 18.0 Å². The molecule has 0 saturated carbocycles. The molecule has 3 aromatic rings. The fourth-order valence-corrected chi connectivity index (χ4v) is 3.18. The molecule has 0 aliphatic carbocycles. The Balaban J connectivity index is 1.75. The number of rotatable bonds is 7. The molecule has 0 aliphatic heterocycles. The predicted molar refractivity (Wildman–Crippen MR) is 104 cm³/mol. The molecule has 1 amide bonds. The number of amides is 1. The van der Waals surface area contributed by atoms with Gasteiger partial charge in [-0.05, 0) is 32.0 Å². The molecule has 2 heterocycles. The molecule has 1 aromatic carbocycles. The van der Waals surface area contributed by atoms with Crippen molar-refractivity contribution in [3.63, 3.8) is 0 Å². The average molecular weight is 441 g/mol. The summed E-state index contributed by atoms with van der Waals surface area (Å²) in [6, 6.07) is 6.76. The van der Waals surface area contributed by atoms with Gasteiger partial charge in [-0.25, -0.2) is 4.98 Å². The first-order valence-electron chi connectivity index (χ1n) is 8.78. The van der Waals surface area contributed by atoms with E-state index in [1.165, 1.54) is 24.3 Å². The van der Waals surface area contributed by atoms with Crippen LogP contribution in [0.5, 0.6) is 5.75 Å². The second kappa shape index (κ2) is 8.84. The van der Waals surface area contributed by atoms with Crippen LogP contribution in [0.3, 0.4) is 0 Å². The largest absolute Gasteiger partial charge is 0.573 e. The van der Waals surface area contributed by atoms with Gasteiger partial charge >= 0.3 is 6.36 Å². The molecule has 0 saturated heterocycles. The van der Waals surface area contributed by atoms with Crippen LogP contribution in [0.4, 0.5) is 18.3 Å². The second-order valence-electron chi connectivity index (χ2n) is 6.38. The fourth-order valence-electron chi connectivity index (χ4n) is 2.59. The number of ether oxygens (including phenoxy) is 2. The Kier molecular flexibility index (Phi) is 6.42. The van der Waals surface area contributed by atoms with Gasteiger partial charge in [-0.1, -0.05) is 12.1 Å². The Morgan fingerprint density at radius 2 is 2.10 bits per heavy atom. The Morgan fingerprint density at radius 1 is 1.33 bits per heavy atom. The molecule has 30 heavy (non-hydrogen) atoms. The van der Waals surface area contributed by atoms with Gasteiger partial charge in [0, 0.05) is 30.6 Å². The number of hydrogen-bond acceptors (Lipinski definition) is 7. The van der Waals surface area contributed by atoms with Gasteiger partial charge in [0.05, 0.1) is 11.7 Å². The topological polar surface area (TPSA) is 86.5 Å². The maximum absolute atomic E-state index is 12.6. The van der Waals surface area contributed by atoms with Gasteiger partial charge in [-0.3, -0.25) is 10.1 Å². The maximum Gasteiger partial charge on any atom is 0.573 e. The normalized spacial score (nSPS) is 12.6. The molecule has 0 spiro atoms. The summed E-state index contributed by atoms with van der Waals surface area (Å²) in [5.41, 5.74) is 0.569. The summed E-state index contributed by atoms with van der Waals surface area (Å²) >= 11 is 1.04. The zero-order valence-corrected chi connectivity index (χ0v) is 17.1. The van der Waals surface area contributed by atoms with Crippen LogP contribution in [0.15, 0.2) is 34.7 Å². The van der Waals surface area contributed by atoms with Crippen molar-refractivity contribution in [2.45, 2.75) is 32.7 Å². The van der Waals surface area contributed by atoms with Crippen molar-refractivity contribution < 1.29 is 31.9 Å². The molecule has 1 atom stereocenters. The van der Waals surface area contributed by atoms with Crippen molar-refractivity contribution in [2.75, 3.05) is 12.4 Å². The van der Waals surface area contributed by atoms with Gasteiger partial charge in [0.2, 0.25) is 5.13 Å². The Bertz CT molecular complexity index is 1030. The van der Waals surface area contributed by atoms with Gasteiger partial charge in [-0.15, -0.1) is 13.2 Å². The number of carbonyl (C=O) groups is 1. The highest BCUT2D eigenvalue weighted by atomic mass is 32.1. The molecule has 0 bridgehead atoms. The molecule has 1 unspecified atom stereocenters. The zero-order valence-electron chi connectivity index (χ0n) is 16.2. The second-order valence-corrected chi connectivity index (χ2v) is 7.13. The Labute approximate surface area is 174 Å². The van der Waals surface area contributed by atoms with Gasteiger partial charge in [0.25, 0.3) is 5.91 Å². The van der Waals surface area contributed by atoms with Gasteiger partial charge in [0.15, 0.2) is 0 Å². The molecule has 0 radical (unpaired) electrons. The lowest BCUT2D eigenvalue weighted by molar-refractivity contribution is -0.274. The van der Waals surface area contributed by atoms with Gasteiger partial charge in [0.1, 0.15) is 23.1 Å². The van der Waals surface area contributed by atoms with E-state index in [1.54, 1.807) is 20.1 Å². The van der Waals surface area contributed by atoms with Gasteiger partial charge < -0.3 is 13.9 Å². The number of hydrogen-bond donors (Lipinski definition) is 1. The van der Waals surface area contributed by atoms with Crippen molar-refractivity contribution >= 4 is 22.6 Å². The summed E-state index contributed by atoms with van der Waals surface area (Å²) in [5, 5.41) is 2.97. The van der Waals surface area contributed by atoms with Crippen molar-refractivity contribution in [3.8, 4) is 17.1 Å². The highest BCUT2D eigenvalue weighted by molar-refractivity contribution is 7.09. The summed E-state index contributed by atoms with van der Waals surface area (Å²) in [6.45, 7) is 3.46. The molecule has 0 fully saturated rings. The smallest absolute Gasteiger partial charge is 0.461 e. The number of halogens is 3. The van der Waals surface area contributed by atoms with Crippen molar-refractivity contribution in [1.82, 2.24) is 9.36 Å². The van der Waals surface area contributed by atoms with Crippen molar-refractivity contribution in [3.05, 3.63) is 47.5 Å². The van der Waals surface area contributed by atoms with E-state index in [-0.39, 0.29) is 23.2 Å². The number of nitrogens with zero attached hydrogens (tertiary/aromatic N) is 2. The summed E-state index contributed by atoms with van der Waals surface area (Å²) in [4.78, 5) is 16.8. The number of alkyl halides is 3. The Hall–Kier alpha value is -2.92. The number of aryl methyl sites for hydroxylation is 1. The Morgan fingerprint density at radius 3 is 2.80 bits per heavy atom.